The average Bonchev–Trinajstić information content (AvgIpc) is 3.53. The summed E-state index contributed by atoms with van der Waals surface area (Å²) in [4.78, 5) is 35.3. The van der Waals surface area contributed by atoms with Crippen LogP contribution in [0.15, 0.2) is 35.1 Å². The maximum absolute atomic E-state index is 14.0. The fraction of sp³-hybridized carbons (Fsp3) is 0.736. The van der Waals surface area contributed by atoms with Crippen molar-refractivity contribution in [3.05, 3.63) is 63.2 Å². The third kappa shape index (κ3) is 9.15. The Morgan fingerprint density at radius 3 is 2.16 bits per heavy atom. The van der Waals surface area contributed by atoms with Gasteiger partial charge in [0.2, 0.25) is 0 Å². The summed E-state index contributed by atoms with van der Waals surface area (Å²) >= 11 is 0. The number of hydrogen-bond acceptors (Lipinski definition) is 5. The Hall–Kier alpha value is -3.10. The lowest BCUT2D eigenvalue weighted by molar-refractivity contribution is -0.0618. The van der Waals surface area contributed by atoms with Crippen molar-refractivity contribution in [2.45, 2.75) is 150 Å². The second kappa shape index (κ2) is 17.8. The Morgan fingerprint density at radius 1 is 0.902 bits per heavy atom. The number of amides is 1. The molecule has 1 saturated heterocycles. The first-order chi connectivity index (χ1) is 29.4. The topological polar surface area (TPSA) is 82.6 Å². The largest absolute Gasteiger partial charge is 0.496 e. The van der Waals surface area contributed by atoms with E-state index in [1.807, 2.05) is 13.0 Å². The van der Waals surface area contributed by atoms with Crippen LogP contribution >= 0.6 is 0 Å². The number of H-pyrrole nitrogens is 1. The quantitative estimate of drug-likeness (QED) is 0.150. The molecular formula is C53H79N5O3. The molecule has 61 heavy (non-hydrogen) atoms. The second-order valence-electron chi connectivity index (χ2n) is 22.5. The fourth-order valence-corrected chi connectivity index (χ4v) is 15.5. The normalized spacial score (nSPS) is 31.9. The molecule has 0 radical (unpaired) electrons. The molecule has 0 spiro atoms. The predicted molar refractivity (Wildman–Crippen MR) is 248 cm³/mol. The SMILES string of the molecule is CCC1CC2CC(C1)CC(C)(CCN(CCN1CCC([C@H](C)n3c(C)c(C(=O)NCc4c(OC)cc(C)[nH]c4=O)c4ccccc43)CC1)CCC13CC4CC(CC(C4)C1)C3)C2. The van der Waals surface area contributed by atoms with Gasteiger partial charge in [-0.3, -0.25) is 9.59 Å². The number of methoxy groups -OCH3 is 1. The van der Waals surface area contributed by atoms with Gasteiger partial charge in [-0.25, -0.2) is 0 Å². The number of pyridine rings is 1. The Kier molecular flexibility index (Phi) is 12.6. The monoisotopic (exact) mass is 834 g/mol. The van der Waals surface area contributed by atoms with Crippen molar-refractivity contribution in [1.29, 1.82) is 0 Å². The van der Waals surface area contributed by atoms with Crippen LogP contribution in [-0.2, 0) is 6.54 Å². The molecule has 1 amide bonds. The van der Waals surface area contributed by atoms with Crippen molar-refractivity contribution in [2.75, 3.05) is 46.4 Å². The summed E-state index contributed by atoms with van der Waals surface area (Å²) < 4.78 is 7.93. The standard InChI is InChI=1S/C53H79N5O3/c1-7-38-23-39-25-40(24-38)30-52(5,29-39)14-18-57(19-15-53-31-41-26-42(32-53)28-43(27-41)33-53)21-20-56-16-12-44(13-17-56)36(3)58-37(4)49(45-10-8-9-11-47(45)58)51(60)54-34-46-48(61-6)22-35(2)55-50(46)59/h8-11,22,36,38-44H,7,12-21,23-34H2,1-6H3,(H,54,60)(H,55,59)/t36-,38?,39?,40?,41?,42?,43?,52?,53?/m0/s1. The first kappa shape index (κ1) is 43.2. The van der Waals surface area contributed by atoms with E-state index >= 15 is 0 Å². The number of likely N-dealkylation sites (tertiary alicyclic amines) is 1. The molecule has 10 rings (SSSR count). The highest BCUT2D eigenvalue weighted by Crippen LogP contribution is 2.61. The molecule has 7 fully saturated rings. The summed E-state index contributed by atoms with van der Waals surface area (Å²) in [7, 11) is 1.56. The molecule has 8 nitrogen and oxygen atoms in total. The highest BCUT2D eigenvalue weighted by atomic mass is 16.5. The van der Waals surface area contributed by atoms with Crippen molar-refractivity contribution in [3.8, 4) is 5.75 Å². The number of ether oxygens (including phenoxy) is 1. The second-order valence-corrected chi connectivity index (χ2v) is 22.5. The molecule has 3 aromatic rings. The zero-order valence-corrected chi connectivity index (χ0v) is 38.8. The molecular weight excluding hydrogens is 755 g/mol. The summed E-state index contributed by atoms with van der Waals surface area (Å²) in [5.41, 5.74) is 4.90. The molecule has 334 valence electrons. The minimum absolute atomic E-state index is 0.101. The Balaban J connectivity index is 0.833. The number of hydrogen-bond donors (Lipinski definition) is 2. The van der Waals surface area contributed by atoms with Crippen molar-refractivity contribution < 1.29 is 9.53 Å². The van der Waals surface area contributed by atoms with Gasteiger partial charge in [-0.05, 0) is 208 Å². The molecule has 6 aliphatic carbocycles. The molecule has 1 aliphatic heterocycles. The summed E-state index contributed by atoms with van der Waals surface area (Å²) in [6.07, 6.45) is 23.3. The minimum atomic E-state index is -0.234. The van der Waals surface area contributed by atoms with Crippen LogP contribution in [0.5, 0.6) is 5.75 Å². The van der Waals surface area contributed by atoms with Crippen molar-refractivity contribution in [1.82, 2.24) is 24.7 Å². The molecule has 2 unspecified atom stereocenters. The van der Waals surface area contributed by atoms with E-state index in [1.54, 1.807) is 32.4 Å². The van der Waals surface area contributed by atoms with Gasteiger partial charge in [0.25, 0.3) is 11.5 Å². The van der Waals surface area contributed by atoms with Gasteiger partial charge in [0.1, 0.15) is 5.75 Å². The van der Waals surface area contributed by atoms with E-state index in [0.717, 1.165) is 70.9 Å². The first-order valence-electron chi connectivity index (χ1n) is 25.0. The number of carbonyl (C=O) groups excluding carboxylic acids is 1. The molecule has 3 atom stereocenters. The minimum Gasteiger partial charge on any atom is -0.496 e. The number of piperidine rings is 1. The first-order valence-corrected chi connectivity index (χ1v) is 25.0. The lowest BCUT2D eigenvalue weighted by Crippen LogP contribution is -2.48. The van der Waals surface area contributed by atoms with Gasteiger partial charge < -0.3 is 29.4 Å². The average molecular weight is 834 g/mol. The van der Waals surface area contributed by atoms with Crippen LogP contribution in [0.25, 0.3) is 10.9 Å². The van der Waals surface area contributed by atoms with Crippen molar-refractivity contribution >= 4 is 16.8 Å². The number of carbonyl (C=O) groups is 1. The van der Waals surface area contributed by atoms with E-state index in [4.69, 9.17) is 4.74 Å². The predicted octanol–water partition coefficient (Wildman–Crippen LogP) is 10.7. The summed E-state index contributed by atoms with van der Waals surface area (Å²) in [6, 6.07) is 10.4. The molecule has 2 N–H and O–H groups in total. The van der Waals surface area contributed by atoms with Crippen LogP contribution < -0.4 is 15.6 Å². The molecule has 8 heteroatoms. The number of aromatic amines is 1. The molecule has 1 aromatic carbocycles. The molecule has 7 aliphatic rings. The number of rotatable bonds is 16. The van der Waals surface area contributed by atoms with Crippen LogP contribution in [0, 0.1) is 66.1 Å². The van der Waals surface area contributed by atoms with E-state index in [1.165, 1.54) is 110 Å². The van der Waals surface area contributed by atoms with Crippen LogP contribution in [0.4, 0.5) is 0 Å². The van der Waals surface area contributed by atoms with Crippen molar-refractivity contribution in [2.24, 2.45) is 52.3 Å². The zero-order valence-electron chi connectivity index (χ0n) is 38.8. The summed E-state index contributed by atoms with van der Waals surface area (Å²) in [5.74, 6) is 6.93. The van der Waals surface area contributed by atoms with Crippen LogP contribution in [0.1, 0.15) is 157 Å². The van der Waals surface area contributed by atoms with E-state index in [0.29, 0.717) is 33.6 Å². The Bertz CT molecular complexity index is 2030. The number of fused-ring (bicyclic) bond motifs is 3. The van der Waals surface area contributed by atoms with E-state index in [2.05, 4.69) is 70.6 Å². The number of nitrogens with one attached hydrogen (secondary N) is 2. The van der Waals surface area contributed by atoms with Crippen LogP contribution in [-0.4, -0.2) is 71.6 Å². The maximum Gasteiger partial charge on any atom is 0.256 e. The van der Waals surface area contributed by atoms with Gasteiger partial charge in [0.15, 0.2) is 0 Å². The number of aryl methyl sites for hydroxylation is 1. The van der Waals surface area contributed by atoms with Gasteiger partial charge in [-0.2, -0.15) is 0 Å². The number of nitrogens with zero attached hydrogens (tertiary/aromatic N) is 3. The Morgan fingerprint density at radius 2 is 1.52 bits per heavy atom. The van der Waals surface area contributed by atoms with Crippen molar-refractivity contribution in [3.63, 3.8) is 0 Å². The zero-order chi connectivity index (χ0) is 42.5. The summed E-state index contributed by atoms with van der Waals surface area (Å²) in [6.45, 7) is 18.8. The van der Waals surface area contributed by atoms with Gasteiger partial charge in [-0.15, -0.1) is 0 Å². The van der Waals surface area contributed by atoms with Crippen LogP contribution in [0.3, 0.4) is 0 Å². The lowest BCUT2D eigenvalue weighted by Gasteiger charge is -2.57. The smallest absolute Gasteiger partial charge is 0.256 e. The molecule has 6 saturated carbocycles. The molecule has 2 aromatic heterocycles. The third-order valence-electron chi connectivity index (χ3n) is 18.0. The number of benzene rings is 1. The van der Waals surface area contributed by atoms with E-state index in [-0.39, 0.29) is 24.1 Å². The highest BCUT2D eigenvalue weighted by molar-refractivity contribution is 6.08. The fourth-order valence-electron chi connectivity index (χ4n) is 15.5. The third-order valence-corrected chi connectivity index (χ3v) is 18.0. The van der Waals surface area contributed by atoms with Gasteiger partial charge >= 0.3 is 0 Å². The van der Waals surface area contributed by atoms with E-state index in [9.17, 15) is 9.59 Å². The highest BCUT2D eigenvalue weighted by Gasteiger charge is 2.50. The lowest BCUT2D eigenvalue weighted by atomic mass is 9.49. The molecule has 3 heterocycles. The number of aromatic nitrogens is 2. The van der Waals surface area contributed by atoms with Gasteiger partial charge in [0, 0.05) is 41.4 Å². The van der Waals surface area contributed by atoms with Gasteiger partial charge in [-0.1, -0.05) is 38.5 Å². The molecule has 6 bridgehead atoms. The maximum atomic E-state index is 14.0. The number of para-hydroxylation sites is 1. The van der Waals surface area contributed by atoms with Gasteiger partial charge in [0.05, 0.1) is 24.8 Å². The summed E-state index contributed by atoms with van der Waals surface area (Å²) in [5, 5.41) is 4.03. The van der Waals surface area contributed by atoms with E-state index < -0.39 is 0 Å². The van der Waals surface area contributed by atoms with Crippen LogP contribution in [0.2, 0.25) is 0 Å². The Labute approximate surface area is 367 Å².